The van der Waals surface area contributed by atoms with Crippen LogP contribution in [0.25, 0.3) is 0 Å². The van der Waals surface area contributed by atoms with E-state index in [0.29, 0.717) is 6.42 Å². The van der Waals surface area contributed by atoms with Crippen LogP contribution in [-0.2, 0) is 4.79 Å². The predicted octanol–water partition coefficient (Wildman–Crippen LogP) is 2.36. The van der Waals surface area contributed by atoms with E-state index in [1.807, 2.05) is 6.08 Å². The van der Waals surface area contributed by atoms with Gasteiger partial charge in [0.25, 0.3) is 0 Å². The second-order valence-electron chi connectivity index (χ2n) is 4.14. The zero-order chi connectivity index (χ0) is 11.3. The maximum absolute atomic E-state index is 10.8. The van der Waals surface area contributed by atoms with E-state index in [2.05, 4.69) is 0 Å². The van der Waals surface area contributed by atoms with Crippen molar-refractivity contribution >= 4 is 5.78 Å². The van der Waals surface area contributed by atoms with E-state index in [1.54, 1.807) is 6.92 Å². The van der Waals surface area contributed by atoms with Gasteiger partial charge in [0.15, 0.2) is 0 Å². The van der Waals surface area contributed by atoms with E-state index in [4.69, 9.17) is 0 Å². The van der Waals surface area contributed by atoms with Crippen molar-refractivity contribution in [3.8, 4) is 0 Å². The Morgan fingerprint density at radius 1 is 1.60 bits per heavy atom. The molecular weight excluding hydrogens is 194 g/mol. The lowest BCUT2D eigenvalue weighted by Crippen LogP contribution is -2.19. The Balaban J connectivity index is 2.60. The van der Waals surface area contributed by atoms with Crippen molar-refractivity contribution in [2.75, 3.05) is 6.54 Å². The maximum Gasteiger partial charge on any atom is 0.210 e. The molecule has 0 N–H and O–H groups in total. The van der Waals surface area contributed by atoms with Crippen molar-refractivity contribution in [3.63, 3.8) is 0 Å². The van der Waals surface area contributed by atoms with Gasteiger partial charge in [-0.2, -0.15) is 0 Å². The van der Waals surface area contributed by atoms with Crippen LogP contribution in [0.5, 0.6) is 0 Å². The van der Waals surface area contributed by atoms with Gasteiger partial charge >= 0.3 is 0 Å². The predicted molar refractivity (Wildman–Crippen MR) is 57.2 cm³/mol. The highest BCUT2D eigenvalue weighted by Crippen LogP contribution is 2.29. The third-order valence-electron chi connectivity index (χ3n) is 2.81. The molecule has 4 heteroatoms. The fourth-order valence-electron chi connectivity index (χ4n) is 2.04. The largest absolute Gasteiger partial charge is 0.300 e. The van der Waals surface area contributed by atoms with Crippen molar-refractivity contribution in [1.82, 2.24) is 0 Å². The second kappa shape index (κ2) is 5.63. The van der Waals surface area contributed by atoms with Gasteiger partial charge in [-0.15, -0.1) is 0 Å². The van der Waals surface area contributed by atoms with Crippen LogP contribution in [0.2, 0.25) is 0 Å². The van der Waals surface area contributed by atoms with Crippen LogP contribution in [0.4, 0.5) is 0 Å². The summed E-state index contributed by atoms with van der Waals surface area (Å²) >= 11 is 0. The van der Waals surface area contributed by atoms with Crippen LogP contribution >= 0.6 is 0 Å². The molecule has 0 radical (unpaired) electrons. The molecule has 1 atom stereocenters. The van der Waals surface area contributed by atoms with Crippen molar-refractivity contribution in [3.05, 3.63) is 21.8 Å². The third kappa shape index (κ3) is 4.23. The van der Waals surface area contributed by atoms with Crippen LogP contribution < -0.4 is 0 Å². The lowest BCUT2D eigenvalue weighted by Gasteiger charge is -2.22. The normalized spacial score (nSPS) is 24.1. The summed E-state index contributed by atoms with van der Waals surface area (Å²) < 4.78 is 0. The fourth-order valence-corrected chi connectivity index (χ4v) is 2.04. The van der Waals surface area contributed by atoms with E-state index in [0.717, 1.165) is 31.3 Å². The quantitative estimate of drug-likeness (QED) is 0.407. The molecule has 0 heterocycles. The topological polar surface area (TPSA) is 60.2 Å². The molecule has 1 fully saturated rings. The second-order valence-corrected chi connectivity index (χ2v) is 4.14. The highest BCUT2D eigenvalue weighted by molar-refractivity contribution is 5.77. The average Bonchev–Trinajstić information content (AvgIpc) is 2.15. The number of hydrogen-bond acceptors (Lipinski definition) is 3. The van der Waals surface area contributed by atoms with Gasteiger partial charge in [-0.3, -0.25) is 14.9 Å². The van der Waals surface area contributed by atoms with Gasteiger partial charge in [0.1, 0.15) is 5.78 Å². The number of nitro groups is 1. The molecule has 0 spiro atoms. The molecule has 1 saturated carbocycles. The molecule has 1 aliphatic carbocycles. The average molecular weight is 211 g/mol. The van der Waals surface area contributed by atoms with Crippen LogP contribution in [0.15, 0.2) is 11.6 Å². The molecule has 4 nitrogen and oxygen atoms in total. The monoisotopic (exact) mass is 211 g/mol. The molecule has 15 heavy (non-hydrogen) atoms. The van der Waals surface area contributed by atoms with Gasteiger partial charge in [-0.1, -0.05) is 18.1 Å². The highest BCUT2D eigenvalue weighted by atomic mass is 16.6. The number of nitrogens with zero attached hydrogens (tertiary/aromatic N) is 1. The Morgan fingerprint density at radius 2 is 2.33 bits per heavy atom. The number of carbonyl (C=O) groups is 1. The van der Waals surface area contributed by atoms with E-state index >= 15 is 0 Å². The summed E-state index contributed by atoms with van der Waals surface area (Å²) in [6.45, 7) is 1.56. The molecule has 0 aromatic carbocycles. The van der Waals surface area contributed by atoms with Gasteiger partial charge in [0, 0.05) is 17.3 Å². The first-order valence-corrected chi connectivity index (χ1v) is 5.39. The summed E-state index contributed by atoms with van der Waals surface area (Å²) in [7, 11) is 0. The summed E-state index contributed by atoms with van der Waals surface area (Å²) in [6.07, 6.45) is 6.30. The first kappa shape index (κ1) is 11.9. The molecule has 0 aromatic heterocycles. The highest BCUT2D eigenvalue weighted by Gasteiger charge is 2.23. The van der Waals surface area contributed by atoms with E-state index in [9.17, 15) is 14.9 Å². The Kier molecular flexibility index (Phi) is 4.46. The van der Waals surface area contributed by atoms with Crippen LogP contribution in [0, 0.1) is 16.0 Å². The number of rotatable bonds is 4. The molecule has 0 aliphatic heterocycles. The number of hydrogen-bond donors (Lipinski definition) is 0. The van der Waals surface area contributed by atoms with Crippen molar-refractivity contribution in [1.29, 1.82) is 0 Å². The number of Topliss-reactive ketones (excluding diaryl/α,β-unsaturated/α-hetero) is 1. The standard InChI is InChI=1S/C11H17NO3/c1-9(13)6-7-10-4-2-3-5-11(10)8-12(14)15/h7,11H,2-6,8H2,1H3/b10-7-. The minimum atomic E-state index is -0.252. The summed E-state index contributed by atoms with van der Waals surface area (Å²) in [5.74, 6) is 0.182. The number of carbonyl (C=O) groups excluding carboxylic acids is 1. The van der Waals surface area contributed by atoms with Crippen LogP contribution in [0.1, 0.15) is 39.0 Å². The lowest BCUT2D eigenvalue weighted by molar-refractivity contribution is -0.486. The molecule has 0 amide bonds. The van der Waals surface area contributed by atoms with E-state index in [1.165, 1.54) is 0 Å². The summed E-state index contributed by atoms with van der Waals surface area (Å²) in [5, 5.41) is 10.5. The van der Waals surface area contributed by atoms with E-state index in [-0.39, 0.29) is 23.2 Å². The van der Waals surface area contributed by atoms with Crippen molar-refractivity contribution in [2.24, 2.45) is 5.92 Å². The fraction of sp³-hybridized carbons (Fsp3) is 0.727. The third-order valence-corrected chi connectivity index (χ3v) is 2.81. The van der Waals surface area contributed by atoms with Gasteiger partial charge in [0.05, 0.1) is 0 Å². The SMILES string of the molecule is CC(=O)C/C=C1/CCCCC1C[N+](=O)[O-]. The Labute approximate surface area is 89.5 Å². The molecular formula is C11H17NO3. The molecule has 0 aromatic rings. The van der Waals surface area contributed by atoms with Crippen molar-refractivity contribution < 1.29 is 9.72 Å². The Hall–Kier alpha value is -1.19. The summed E-state index contributed by atoms with van der Waals surface area (Å²) in [6, 6.07) is 0. The summed E-state index contributed by atoms with van der Waals surface area (Å²) in [4.78, 5) is 21.0. The minimum absolute atomic E-state index is 0.0176. The van der Waals surface area contributed by atoms with Crippen LogP contribution in [-0.4, -0.2) is 17.3 Å². The number of allylic oxidation sites excluding steroid dienone is 1. The van der Waals surface area contributed by atoms with Crippen LogP contribution in [0.3, 0.4) is 0 Å². The lowest BCUT2D eigenvalue weighted by atomic mass is 9.83. The Bertz CT molecular complexity index is 284. The minimum Gasteiger partial charge on any atom is -0.300 e. The van der Waals surface area contributed by atoms with E-state index < -0.39 is 0 Å². The molecule has 84 valence electrons. The van der Waals surface area contributed by atoms with Gasteiger partial charge in [0.2, 0.25) is 6.54 Å². The first-order chi connectivity index (χ1) is 7.09. The molecule has 1 aliphatic rings. The smallest absolute Gasteiger partial charge is 0.210 e. The Morgan fingerprint density at radius 3 is 2.93 bits per heavy atom. The van der Waals surface area contributed by atoms with Gasteiger partial charge < -0.3 is 0 Å². The van der Waals surface area contributed by atoms with Gasteiger partial charge in [-0.05, 0) is 26.2 Å². The van der Waals surface area contributed by atoms with Gasteiger partial charge in [-0.25, -0.2) is 0 Å². The van der Waals surface area contributed by atoms with Crippen molar-refractivity contribution in [2.45, 2.75) is 39.0 Å². The zero-order valence-electron chi connectivity index (χ0n) is 9.07. The molecule has 1 rings (SSSR count). The first-order valence-electron chi connectivity index (χ1n) is 5.39. The number of ketones is 1. The maximum atomic E-state index is 10.8. The molecule has 1 unspecified atom stereocenters. The zero-order valence-corrected chi connectivity index (χ0v) is 9.07. The summed E-state index contributed by atoms with van der Waals surface area (Å²) in [5.41, 5.74) is 1.12. The molecule has 0 bridgehead atoms. The molecule has 0 saturated heterocycles.